The summed E-state index contributed by atoms with van der Waals surface area (Å²) in [6.45, 7) is 3.98. The number of piperazine rings is 1. The predicted molar refractivity (Wildman–Crippen MR) is 82.8 cm³/mol. The van der Waals surface area contributed by atoms with Crippen molar-refractivity contribution in [2.45, 2.75) is 0 Å². The van der Waals surface area contributed by atoms with Crippen molar-refractivity contribution in [2.75, 3.05) is 43.4 Å². The number of hydrogen-bond donors (Lipinski definition) is 1. The normalized spacial score (nSPS) is 16.0. The number of para-hydroxylation sites is 2. The summed E-state index contributed by atoms with van der Waals surface area (Å²) in [7, 11) is 2.13. The zero-order valence-electron chi connectivity index (χ0n) is 12.1. The minimum Gasteiger partial charge on any atom is -0.459 e. The Morgan fingerprint density at radius 2 is 1.86 bits per heavy atom. The van der Waals surface area contributed by atoms with E-state index in [0.29, 0.717) is 5.76 Å². The van der Waals surface area contributed by atoms with Crippen LogP contribution in [-0.2, 0) is 0 Å². The van der Waals surface area contributed by atoms with Crippen LogP contribution in [0.3, 0.4) is 0 Å². The number of carbonyl (C=O) groups is 1. The van der Waals surface area contributed by atoms with Crippen molar-refractivity contribution >= 4 is 17.3 Å². The van der Waals surface area contributed by atoms with Gasteiger partial charge in [0.05, 0.1) is 17.6 Å². The van der Waals surface area contributed by atoms with Crippen LogP contribution < -0.4 is 10.2 Å². The second-order valence-corrected chi connectivity index (χ2v) is 5.24. The standard InChI is InChI=1S/C16H19N3O2/c1-18-8-10-19(11-9-18)14-6-3-2-5-13(14)17-16(20)15-7-4-12-21-15/h2-7,12H,8-11H2,1H3,(H,17,20). The van der Waals surface area contributed by atoms with E-state index in [1.807, 2.05) is 24.3 Å². The highest BCUT2D eigenvalue weighted by atomic mass is 16.3. The van der Waals surface area contributed by atoms with E-state index < -0.39 is 0 Å². The van der Waals surface area contributed by atoms with Gasteiger partial charge in [-0.3, -0.25) is 4.79 Å². The molecule has 5 heteroatoms. The minimum absolute atomic E-state index is 0.221. The van der Waals surface area contributed by atoms with E-state index in [1.54, 1.807) is 12.1 Å². The molecular formula is C16H19N3O2. The van der Waals surface area contributed by atoms with Gasteiger partial charge in [-0.1, -0.05) is 12.1 Å². The van der Waals surface area contributed by atoms with Crippen molar-refractivity contribution in [2.24, 2.45) is 0 Å². The fraction of sp³-hybridized carbons (Fsp3) is 0.312. The van der Waals surface area contributed by atoms with E-state index in [-0.39, 0.29) is 5.91 Å². The number of amides is 1. The Bertz CT molecular complexity index is 602. The Hall–Kier alpha value is -2.27. The topological polar surface area (TPSA) is 48.7 Å². The molecule has 110 valence electrons. The van der Waals surface area contributed by atoms with Gasteiger partial charge in [0, 0.05) is 26.2 Å². The zero-order valence-corrected chi connectivity index (χ0v) is 12.1. The van der Waals surface area contributed by atoms with Crippen LogP contribution in [0.25, 0.3) is 0 Å². The summed E-state index contributed by atoms with van der Waals surface area (Å²) in [6.07, 6.45) is 1.50. The summed E-state index contributed by atoms with van der Waals surface area (Å²) in [4.78, 5) is 16.7. The lowest BCUT2D eigenvalue weighted by Crippen LogP contribution is -2.44. The van der Waals surface area contributed by atoms with Crippen molar-refractivity contribution in [3.63, 3.8) is 0 Å². The molecule has 5 nitrogen and oxygen atoms in total. The molecule has 0 bridgehead atoms. The molecule has 1 saturated heterocycles. The van der Waals surface area contributed by atoms with Crippen LogP contribution in [0.15, 0.2) is 47.1 Å². The third-order valence-electron chi connectivity index (χ3n) is 3.74. The van der Waals surface area contributed by atoms with Gasteiger partial charge in [-0.2, -0.15) is 0 Å². The van der Waals surface area contributed by atoms with E-state index >= 15 is 0 Å². The Balaban J connectivity index is 1.78. The smallest absolute Gasteiger partial charge is 0.291 e. The molecule has 0 saturated carbocycles. The van der Waals surface area contributed by atoms with Crippen molar-refractivity contribution in [1.82, 2.24) is 4.90 Å². The molecule has 1 aromatic carbocycles. The Labute approximate surface area is 124 Å². The molecule has 0 radical (unpaired) electrons. The highest BCUT2D eigenvalue weighted by Crippen LogP contribution is 2.27. The van der Waals surface area contributed by atoms with E-state index in [2.05, 4.69) is 22.2 Å². The van der Waals surface area contributed by atoms with Crippen LogP contribution in [0.2, 0.25) is 0 Å². The summed E-state index contributed by atoms with van der Waals surface area (Å²) < 4.78 is 5.13. The first-order valence-corrected chi connectivity index (χ1v) is 7.11. The minimum atomic E-state index is -0.221. The van der Waals surface area contributed by atoms with Gasteiger partial charge in [0.15, 0.2) is 5.76 Å². The molecule has 0 spiro atoms. The van der Waals surface area contributed by atoms with Crippen LogP contribution >= 0.6 is 0 Å². The molecule has 0 aliphatic carbocycles. The number of furan rings is 1. The van der Waals surface area contributed by atoms with E-state index in [0.717, 1.165) is 37.6 Å². The average Bonchev–Trinajstić information content (AvgIpc) is 3.03. The van der Waals surface area contributed by atoms with Gasteiger partial charge in [0.1, 0.15) is 0 Å². The molecule has 0 unspecified atom stereocenters. The number of nitrogens with zero attached hydrogens (tertiary/aromatic N) is 2. The number of rotatable bonds is 3. The van der Waals surface area contributed by atoms with E-state index in [4.69, 9.17) is 4.42 Å². The second kappa shape index (κ2) is 6.01. The largest absolute Gasteiger partial charge is 0.459 e. The van der Waals surface area contributed by atoms with Gasteiger partial charge in [-0.05, 0) is 31.3 Å². The molecular weight excluding hydrogens is 266 g/mol. The number of likely N-dealkylation sites (N-methyl/N-ethyl adjacent to an activating group) is 1. The van der Waals surface area contributed by atoms with Crippen molar-refractivity contribution in [1.29, 1.82) is 0 Å². The average molecular weight is 285 g/mol. The lowest BCUT2D eigenvalue weighted by atomic mass is 10.2. The zero-order chi connectivity index (χ0) is 14.7. The lowest BCUT2D eigenvalue weighted by molar-refractivity contribution is 0.0996. The van der Waals surface area contributed by atoms with E-state index in [1.165, 1.54) is 6.26 Å². The fourth-order valence-electron chi connectivity index (χ4n) is 2.49. The first kappa shape index (κ1) is 13.7. The van der Waals surface area contributed by atoms with Crippen LogP contribution in [0.5, 0.6) is 0 Å². The van der Waals surface area contributed by atoms with Crippen LogP contribution in [-0.4, -0.2) is 44.0 Å². The first-order chi connectivity index (χ1) is 10.2. The third-order valence-corrected chi connectivity index (χ3v) is 3.74. The third kappa shape index (κ3) is 3.08. The molecule has 3 rings (SSSR count). The molecule has 0 atom stereocenters. The van der Waals surface area contributed by atoms with Crippen molar-refractivity contribution in [3.05, 3.63) is 48.4 Å². The number of hydrogen-bond acceptors (Lipinski definition) is 4. The van der Waals surface area contributed by atoms with Gasteiger partial charge in [0.2, 0.25) is 0 Å². The molecule has 1 aliphatic heterocycles. The molecule has 1 fully saturated rings. The summed E-state index contributed by atoms with van der Waals surface area (Å²) in [6, 6.07) is 11.3. The maximum Gasteiger partial charge on any atom is 0.291 e. The SMILES string of the molecule is CN1CCN(c2ccccc2NC(=O)c2ccco2)CC1. The predicted octanol–water partition coefficient (Wildman–Crippen LogP) is 2.28. The first-order valence-electron chi connectivity index (χ1n) is 7.11. The Kier molecular flexibility index (Phi) is 3.92. The fourth-order valence-corrected chi connectivity index (χ4v) is 2.49. The van der Waals surface area contributed by atoms with Gasteiger partial charge >= 0.3 is 0 Å². The second-order valence-electron chi connectivity index (χ2n) is 5.24. The molecule has 2 aromatic rings. The number of benzene rings is 1. The summed E-state index contributed by atoms with van der Waals surface area (Å²) >= 11 is 0. The number of nitrogens with one attached hydrogen (secondary N) is 1. The van der Waals surface area contributed by atoms with Gasteiger partial charge in [-0.15, -0.1) is 0 Å². The van der Waals surface area contributed by atoms with Crippen LogP contribution in [0.4, 0.5) is 11.4 Å². The van der Waals surface area contributed by atoms with Gasteiger partial charge in [0.25, 0.3) is 5.91 Å². The molecule has 1 aliphatic rings. The number of carbonyl (C=O) groups excluding carboxylic acids is 1. The van der Waals surface area contributed by atoms with Crippen LogP contribution in [0.1, 0.15) is 10.6 Å². The van der Waals surface area contributed by atoms with Crippen molar-refractivity contribution < 1.29 is 9.21 Å². The maximum atomic E-state index is 12.1. The molecule has 1 amide bonds. The molecule has 1 aromatic heterocycles. The summed E-state index contributed by atoms with van der Waals surface area (Å²) in [5, 5.41) is 2.93. The Morgan fingerprint density at radius 1 is 1.10 bits per heavy atom. The summed E-state index contributed by atoms with van der Waals surface area (Å²) in [5.41, 5.74) is 1.88. The monoisotopic (exact) mass is 285 g/mol. The van der Waals surface area contributed by atoms with Crippen molar-refractivity contribution in [3.8, 4) is 0 Å². The highest BCUT2D eigenvalue weighted by molar-refractivity contribution is 6.04. The molecule has 2 heterocycles. The van der Waals surface area contributed by atoms with Crippen LogP contribution in [0, 0.1) is 0 Å². The van der Waals surface area contributed by atoms with E-state index in [9.17, 15) is 4.79 Å². The number of anilines is 2. The highest BCUT2D eigenvalue weighted by Gasteiger charge is 2.18. The lowest BCUT2D eigenvalue weighted by Gasteiger charge is -2.35. The molecule has 1 N–H and O–H groups in total. The Morgan fingerprint density at radius 3 is 2.57 bits per heavy atom. The summed E-state index contributed by atoms with van der Waals surface area (Å²) in [5.74, 6) is 0.102. The van der Waals surface area contributed by atoms with Gasteiger partial charge < -0.3 is 19.5 Å². The quantitative estimate of drug-likeness (QED) is 0.940. The maximum absolute atomic E-state index is 12.1. The molecule has 21 heavy (non-hydrogen) atoms. The van der Waals surface area contributed by atoms with Gasteiger partial charge in [-0.25, -0.2) is 0 Å².